The lowest BCUT2D eigenvalue weighted by atomic mass is 9.80. The van der Waals surface area contributed by atoms with Gasteiger partial charge in [0.15, 0.2) is 0 Å². The van der Waals surface area contributed by atoms with Crippen molar-refractivity contribution in [1.82, 2.24) is 0 Å². The smallest absolute Gasteiger partial charge is 0.338 e. The fourth-order valence-electron chi connectivity index (χ4n) is 3.00. The molecule has 0 radical (unpaired) electrons. The molecule has 5 heteroatoms. The average molecular weight is 290 g/mol. The third kappa shape index (κ3) is 3.82. The van der Waals surface area contributed by atoms with Gasteiger partial charge < -0.3 is 16.2 Å². The van der Waals surface area contributed by atoms with Gasteiger partial charge in [0, 0.05) is 12.0 Å². The zero-order valence-electron chi connectivity index (χ0n) is 12.3. The number of anilines is 1. The molecule has 1 aliphatic carbocycles. The summed E-state index contributed by atoms with van der Waals surface area (Å²) >= 11 is 0. The van der Waals surface area contributed by atoms with Crippen LogP contribution in [0.2, 0.25) is 0 Å². The summed E-state index contributed by atoms with van der Waals surface area (Å²) in [6, 6.07) is 5.05. The lowest BCUT2D eigenvalue weighted by Crippen LogP contribution is -2.44. The Bertz CT molecular complexity index is 548. The van der Waals surface area contributed by atoms with E-state index < -0.39 is 11.5 Å². The van der Waals surface area contributed by atoms with Crippen molar-refractivity contribution in [1.29, 1.82) is 0 Å². The summed E-state index contributed by atoms with van der Waals surface area (Å²) in [5, 5.41) is 12.0. The van der Waals surface area contributed by atoms with Gasteiger partial charge in [-0.15, -0.1) is 0 Å². The minimum absolute atomic E-state index is 0.139. The van der Waals surface area contributed by atoms with E-state index in [2.05, 4.69) is 5.32 Å². The standard InChI is InChI=1S/C16H22N2O3/c1-11-6-5-7-12(14(11)15(20)21)18-13(19)10-16(17)8-3-2-4-9-16/h5-7H,2-4,8-10,17H2,1H3,(H,18,19)(H,20,21). The number of nitrogens with one attached hydrogen (secondary N) is 1. The number of carboxylic acid groups (broad SMARTS) is 1. The fraction of sp³-hybridized carbons (Fsp3) is 0.500. The van der Waals surface area contributed by atoms with Crippen molar-refractivity contribution in [2.45, 2.75) is 51.0 Å². The van der Waals surface area contributed by atoms with Crippen LogP contribution in [0, 0.1) is 6.92 Å². The molecule has 5 nitrogen and oxygen atoms in total. The van der Waals surface area contributed by atoms with Crippen molar-refractivity contribution in [3.05, 3.63) is 29.3 Å². The number of aryl methyl sites for hydroxylation is 1. The van der Waals surface area contributed by atoms with E-state index in [9.17, 15) is 14.7 Å². The van der Waals surface area contributed by atoms with E-state index in [1.807, 2.05) is 0 Å². The van der Waals surface area contributed by atoms with E-state index in [0.717, 1.165) is 25.7 Å². The minimum Gasteiger partial charge on any atom is -0.478 e. The summed E-state index contributed by atoms with van der Waals surface area (Å²) in [6.45, 7) is 1.71. The highest BCUT2D eigenvalue weighted by Gasteiger charge is 2.30. The molecule has 1 amide bonds. The van der Waals surface area contributed by atoms with Gasteiger partial charge in [-0.1, -0.05) is 31.4 Å². The zero-order chi connectivity index (χ0) is 15.5. The molecule has 0 spiro atoms. The summed E-state index contributed by atoms with van der Waals surface area (Å²) < 4.78 is 0. The van der Waals surface area contributed by atoms with Crippen molar-refractivity contribution in [3.63, 3.8) is 0 Å². The Hall–Kier alpha value is -1.88. The van der Waals surface area contributed by atoms with Crippen LogP contribution in [0.15, 0.2) is 18.2 Å². The zero-order valence-corrected chi connectivity index (χ0v) is 12.3. The van der Waals surface area contributed by atoms with E-state index in [1.165, 1.54) is 6.42 Å². The van der Waals surface area contributed by atoms with Gasteiger partial charge >= 0.3 is 5.97 Å². The van der Waals surface area contributed by atoms with Gasteiger partial charge in [-0.2, -0.15) is 0 Å². The normalized spacial score (nSPS) is 17.2. The molecule has 0 saturated heterocycles. The molecule has 21 heavy (non-hydrogen) atoms. The number of rotatable bonds is 4. The molecule has 0 bridgehead atoms. The quantitative estimate of drug-likeness (QED) is 0.795. The molecule has 1 saturated carbocycles. The lowest BCUT2D eigenvalue weighted by Gasteiger charge is -2.32. The molecule has 1 aromatic carbocycles. The number of carbonyl (C=O) groups excluding carboxylic acids is 1. The maximum Gasteiger partial charge on any atom is 0.338 e. The number of nitrogens with two attached hydrogens (primary N) is 1. The van der Waals surface area contributed by atoms with Crippen LogP contribution in [0.4, 0.5) is 5.69 Å². The first-order chi connectivity index (χ1) is 9.91. The van der Waals surface area contributed by atoms with Crippen molar-refractivity contribution >= 4 is 17.6 Å². The van der Waals surface area contributed by atoms with Gasteiger partial charge in [-0.25, -0.2) is 4.79 Å². The second kappa shape index (κ2) is 6.26. The van der Waals surface area contributed by atoms with Crippen LogP contribution in [0.25, 0.3) is 0 Å². The van der Waals surface area contributed by atoms with Gasteiger partial charge in [0.2, 0.25) is 5.91 Å². The highest BCUT2D eigenvalue weighted by atomic mass is 16.4. The van der Waals surface area contributed by atoms with E-state index in [-0.39, 0.29) is 17.9 Å². The molecular weight excluding hydrogens is 268 g/mol. The second-order valence-electron chi connectivity index (χ2n) is 5.95. The maximum atomic E-state index is 12.2. The molecule has 114 valence electrons. The minimum atomic E-state index is -1.04. The van der Waals surface area contributed by atoms with E-state index in [1.54, 1.807) is 25.1 Å². The van der Waals surface area contributed by atoms with E-state index >= 15 is 0 Å². The third-order valence-electron chi connectivity index (χ3n) is 4.12. The molecule has 1 aromatic rings. The van der Waals surface area contributed by atoms with Gasteiger partial charge in [0.1, 0.15) is 0 Å². The summed E-state index contributed by atoms with van der Waals surface area (Å²) in [5.74, 6) is -1.25. The summed E-state index contributed by atoms with van der Waals surface area (Å²) in [7, 11) is 0. The highest BCUT2D eigenvalue weighted by molar-refractivity contribution is 6.01. The lowest BCUT2D eigenvalue weighted by molar-refractivity contribution is -0.117. The van der Waals surface area contributed by atoms with Crippen molar-refractivity contribution in [3.8, 4) is 0 Å². The number of benzene rings is 1. The number of hydrogen-bond donors (Lipinski definition) is 3. The number of aromatic carboxylic acids is 1. The Kier molecular flexibility index (Phi) is 4.63. The van der Waals surface area contributed by atoms with E-state index in [0.29, 0.717) is 11.3 Å². The van der Waals surface area contributed by atoms with Crippen LogP contribution in [0.3, 0.4) is 0 Å². The van der Waals surface area contributed by atoms with Crippen molar-refractivity contribution in [2.24, 2.45) is 5.73 Å². The topological polar surface area (TPSA) is 92.4 Å². The van der Waals surface area contributed by atoms with Crippen LogP contribution in [0.1, 0.15) is 54.4 Å². The Morgan fingerprint density at radius 2 is 1.95 bits per heavy atom. The van der Waals surface area contributed by atoms with Gasteiger partial charge in [0.05, 0.1) is 11.3 Å². The first kappa shape index (κ1) is 15.5. The Morgan fingerprint density at radius 1 is 1.29 bits per heavy atom. The molecule has 4 N–H and O–H groups in total. The Balaban J connectivity index is 2.09. The number of hydrogen-bond acceptors (Lipinski definition) is 3. The predicted octanol–water partition coefficient (Wildman–Crippen LogP) is 2.68. The molecule has 0 heterocycles. The first-order valence-corrected chi connectivity index (χ1v) is 7.33. The average Bonchev–Trinajstić information content (AvgIpc) is 2.38. The fourth-order valence-corrected chi connectivity index (χ4v) is 3.00. The Labute approximate surface area is 124 Å². The Morgan fingerprint density at radius 3 is 2.57 bits per heavy atom. The highest BCUT2D eigenvalue weighted by Crippen LogP contribution is 2.29. The van der Waals surface area contributed by atoms with Crippen LogP contribution in [0.5, 0.6) is 0 Å². The third-order valence-corrected chi connectivity index (χ3v) is 4.12. The molecule has 0 unspecified atom stereocenters. The monoisotopic (exact) mass is 290 g/mol. The first-order valence-electron chi connectivity index (χ1n) is 7.33. The SMILES string of the molecule is Cc1cccc(NC(=O)CC2(N)CCCCC2)c1C(=O)O. The largest absolute Gasteiger partial charge is 0.478 e. The van der Waals surface area contributed by atoms with Gasteiger partial charge in [-0.05, 0) is 31.4 Å². The molecule has 2 rings (SSSR count). The molecule has 0 aromatic heterocycles. The second-order valence-corrected chi connectivity index (χ2v) is 5.95. The van der Waals surface area contributed by atoms with E-state index in [4.69, 9.17) is 5.73 Å². The predicted molar refractivity (Wildman–Crippen MR) is 81.4 cm³/mol. The maximum absolute atomic E-state index is 12.2. The van der Waals surface area contributed by atoms with Crippen LogP contribution in [-0.4, -0.2) is 22.5 Å². The number of amides is 1. The van der Waals surface area contributed by atoms with Gasteiger partial charge in [-0.3, -0.25) is 4.79 Å². The molecular formula is C16H22N2O3. The molecule has 1 fully saturated rings. The van der Waals surface area contributed by atoms with Crippen LogP contribution >= 0.6 is 0 Å². The molecule has 0 aliphatic heterocycles. The number of carboxylic acids is 1. The molecule has 1 aliphatic rings. The van der Waals surface area contributed by atoms with Crippen molar-refractivity contribution < 1.29 is 14.7 Å². The number of carbonyl (C=O) groups is 2. The summed E-state index contributed by atoms with van der Waals surface area (Å²) in [5.41, 5.74) is 6.92. The van der Waals surface area contributed by atoms with Crippen LogP contribution < -0.4 is 11.1 Å². The van der Waals surface area contributed by atoms with Crippen molar-refractivity contribution in [2.75, 3.05) is 5.32 Å². The summed E-state index contributed by atoms with van der Waals surface area (Å²) in [4.78, 5) is 23.5. The summed E-state index contributed by atoms with van der Waals surface area (Å²) in [6.07, 6.45) is 5.20. The molecule has 0 atom stereocenters. The van der Waals surface area contributed by atoms with Gasteiger partial charge in [0.25, 0.3) is 0 Å². The van der Waals surface area contributed by atoms with Crippen LogP contribution in [-0.2, 0) is 4.79 Å².